The minimum absolute atomic E-state index is 0.118. The summed E-state index contributed by atoms with van der Waals surface area (Å²) in [6.07, 6.45) is 5.74. The Labute approximate surface area is 108 Å². The third-order valence-electron chi connectivity index (χ3n) is 3.51. The smallest absolute Gasteiger partial charge is 0.171 e. The fourth-order valence-electron chi connectivity index (χ4n) is 2.31. The van der Waals surface area contributed by atoms with Gasteiger partial charge in [0.15, 0.2) is 5.78 Å². The molecule has 2 rings (SSSR count). The number of aromatic nitrogens is 3. The Bertz CT molecular complexity index is 408. The van der Waals surface area contributed by atoms with Crippen molar-refractivity contribution < 1.29 is 9.53 Å². The van der Waals surface area contributed by atoms with Crippen LogP contribution in [0.3, 0.4) is 0 Å². The van der Waals surface area contributed by atoms with E-state index in [2.05, 4.69) is 17.0 Å². The van der Waals surface area contributed by atoms with Gasteiger partial charge in [0.1, 0.15) is 17.8 Å². The molecule has 0 spiro atoms. The molecule has 0 aliphatic carbocycles. The van der Waals surface area contributed by atoms with Crippen molar-refractivity contribution in [2.75, 3.05) is 6.61 Å². The van der Waals surface area contributed by atoms with Crippen LogP contribution in [0.4, 0.5) is 0 Å². The Morgan fingerprint density at radius 1 is 1.56 bits per heavy atom. The van der Waals surface area contributed by atoms with Crippen molar-refractivity contribution in [2.24, 2.45) is 0 Å². The van der Waals surface area contributed by atoms with E-state index in [1.54, 1.807) is 0 Å². The first-order chi connectivity index (χ1) is 8.65. The number of hydrogen-bond acceptors (Lipinski definition) is 4. The minimum atomic E-state index is -0.624. The number of carbonyl (C=O) groups excluding carboxylic acids is 1. The predicted octanol–water partition coefficient (Wildman–Crippen LogP) is 1.76. The van der Waals surface area contributed by atoms with Gasteiger partial charge < -0.3 is 4.74 Å². The zero-order valence-corrected chi connectivity index (χ0v) is 11.2. The number of carbonyl (C=O) groups is 1. The van der Waals surface area contributed by atoms with Gasteiger partial charge in [-0.3, -0.25) is 4.79 Å². The molecule has 100 valence electrons. The van der Waals surface area contributed by atoms with Crippen LogP contribution in [0.1, 0.15) is 45.4 Å². The molecule has 5 nitrogen and oxygen atoms in total. The highest BCUT2D eigenvalue weighted by Crippen LogP contribution is 2.26. The second-order valence-electron chi connectivity index (χ2n) is 5.04. The molecule has 0 amide bonds. The van der Waals surface area contributed by atoms with Crippen LogP contribution in [0.2, 0.25) is 0 Å². The third kappa shape index (κ3) is 2.77. The largest absolute Gasteiger partial charge is 0.367 e. The van der Waals surface area contributed by atoms with E-state index in [1.807, 2.05) is 11.6 Å². The molecule has 0 radical (unpaired) electrons. The number of ether oxygens (including phenoxy) is 1. The maximum absolute atomic E-state index is 12.3. The highest BCUT2D eigenvalue weighted by Gasteiger charge is 2.36. The summed E-state index contributed by atoms with van der Waals surface area (Å²) in [5.41, 5.74) is -0.624. The molecular weight excluding hydrogens is 230 g/mol. The van der Waals surface area contributed by atoms with Crippen molar-refractivity contribution in [3.63, 3.8) is 0 Å². The Kier molecular flexibility index (Phi) is 4.11. The van der Waals surface area contributed by atoms with Crippen LogP contribution in [-0.2, 0) is 22.5 Å². The SMILES string of the molecule is CCCn1ncnc1CC(=O)C1(C)CCCCO1. The number of hydrogen-bond donors (Lipinski definition) is 0. The van der Waals surface area contributed by atoms with Gasteiger partial charge in [-0.15, -0.1) is 0 Å². The highest BCUT2D eigenvalue weighted by atomic mass is 16.5. The van der Waals surface area contributed by atoms with E-state index in [0.29, 0.717) is 13.0 Å². The zero-order valence-electron chi connectivity index (χ0n) is 11.2. The Hall–Kier alpha value is -1.23. The Morgan fingerprint density at radius 2 is 2.39 bits per heavy atom. The molecule has 5 heteroatoms. The molecule has 0 saturated carbocycles. The number of ketones is 1. The number of Topliss-reactive ketones (excluding diaryl/α,β-unsaturated/α-hetero) is 1. The average molecular weight is 251 g/mol. The molecule has 0 bridgehead atoms. The summed E-state index contributed by atoms with van der Waals surface area (Å²) in [4.78, 5) is 16.5. The van der Waals surface area contributed by atoms with Gasteiger partial charge in [0.25, 0.3) is 0 Å². The van der Waals surface area contributed by atoms with Crippen molar-refractivity contribution in [3.8, 4) is 0 Å². The normalized spacial score (nSPS) is 24.1. The van der Waals surface area contributed by atoms with Gasteiger partial charge in [-0.1, -0.05) is 6.92 Å². The van der Waals surface area contributed by atoms with Gasteiger partial charge in [-0.2, -0.15) is 5.10 Å². The molecule has 2 heterocycles. The van der Waals surface area contributed by atoms with Gasteiger partial charge in [-0.25, -0.2) is 9.67 Å². The molecule has 1 saturated heterocycles. The topological polar surface area (TPSA) is 57.0 Å². The monoisotopic (exact) mass is 251 g/mol. The minimum Gasteiger partial charge on any atom is -0.367 e. The predicted molar refractivity (Wildman–Crippen MR) is 67.2 cm³/mol. The van der Waals surface area contributed by atoms with Crippen LogP contribution in [0.25, 0.3) is 0 Å². The van der Waals surface area contributed by atoms with Gasteiger partial charge in [0, 0.05) is 13.2 Å². The molecule has 1 aliphatic heterocycles. The lowest BCUT2D eigenvalue weighted by Gasteiger charge is -2.32. The van der Waals surface area contributed by atoms with Crippen LogP contribution < -0.4 is 0 Å². The quantitative estimate of drug-likeness (QED) is 0.800. The first-order valence-corrected chi connectivity index (χ1v) is 6.69. The maximum Gasteiger partial charge on any atom is 0.171 e. The van der Waals surface area contributed by atoms with E-state index in [-0.39, 0.29) is 5.78 Å². The molecule has 1 aromatic rings. The summed E-state index contributed by atoms with van der Waals surface area (Å²) in [5.74, 6) is 0.866. The van der Waals surface area contributed by atoms with Crippen molar-refractivity contribution in [1.29, 1.82) is 0 Å². The fourth-order valence-corrected chi connectivity index (χ4v) is 2.31. The molecule has 0 aromatic carbocycles. The lowest BCUT2D eigenvalue weighted by molar-refractivity contribution is -0.147. The summed E-state index contributed by atoms with van der Waals surface area (Å²) >= 11 is 0. The first-order valence-electron chi connectivity index (χ1n) is 6.69. The molecule has 18 heavy (non-hydrogen) atoms. The van der Waals surface area contributed by atoms with E-state index in [4.69, 9.17) is 4.74 Å². The highest BCUT2D eigenvalue weighted by molar-refractivity contribution is 5.88. The molecule has 1 aliphatic rings. The van der Waals surface area contributed by atoms with E-state index in [0.717, 1.165) is 38.1 Å². The van der Waals surface area contributed by atoms with E-state index in [1.165, 1.54) is 6.33 Å². The van der Waals surface area contributed by atoms with E-state index >= 15 is 0 Å². The van der Waals surface area contributed by atoms with Crippen LogP contribution in [0.15, 0.2) is 6.33 Å². The zero-order chi connectivity index (χ0) is 13.0. The van der Waals surface area contributed by atoms with Gasteiger partial charge in [0.2, 0.25) is 0 Å². The van der Waals surface area contributed by atoms with Crippen molar-refractivity contribution in [1.82, 2.24) is 14.8 Å². The second kappa shape index (κ2) is 5.61. The van der Waals surface area contributed by atoms with Crippen LogP contribution in [-0.4, -0.2) is 32.8 Å². The van der Waals surface area contributed by atoms with E-state index in [9.17, 15) is 4.79 Å². The summed E-state index contributed by atoms with van der Waals surface area (Å²) in [6, 6.07) is 0. The van der Waals surface area contributed by atoms with Crippen LogP contribution >= 0.6 is 0 Å². The van der Waals surface area contributed by atoms with Crippen LogP contribution in [0, 0.1) is 0 Å². The standard InChI is InChI=1S/C13H21N3O2/c1-3-7-16-12(14-10-15-16)9-11(17)13(2)6-4-5-8-18-13/h10H,3-9H2,1-2H3. The summed E-state index contributed by atoms with van der Waals surface area (Å²) in [7, 11) is 0. The lowest BCUT2D eigenvalue weighted by atomic mass is 9.90. The Balaban J connectivity index is 2.03. The molecule has 0 N–H and O–H groups in total. The molecule has 1 aromatic heterocycles. The molecular formula is C13H21N3O2. The van der Waals surface area contributed by atoms with Crippen molar-refractivity contribution in [2.45, 2.75) is 58.1 Å². The summed E-state index contributed by atoms with van der Waals surface area (Å²) in [5, 5.41) is 4.14. The molecule has 1 atom stereocenters. The first kappa shape index (κ1) is 13.2. The Morgan fingerprint density at radius 3 is 3.06 bits per heavy atom. The maximum atomic E-state index is 12.3. The fraction of sp³-hybridized carbons (Fsp3) is 0.769. The van der Waals surface area contributed by atoms with Crippen molar-refractivity contribution in [3.05, 3.63) is 12.2 Å². The third-order valence-corrected chi connectivity index (χ3v) is 3.51. The van der Waals surface area contributed by atoms with Gasteiger partial charge in [0.05, 0.1) is 6.42 Å². The number of rotatable bonds is 5. The number of aryl methyl sites for hydroxylation is 1. The van der Waals surface area contributed by atoms with Gasteiger partial charge in [-0.05, 0) is 32.6 Å². The number of nitrogens with zero attached hydrogens (tertiary/aromatic N) is 3. The summed E-state index contributed by atoms with van der Waals surface area (Å²) < 4.78 is 7.48. The molecule has 1 unspecified atom stereocenters. The van der Waals surface area contributed by atoms with Crippen molar-refractivity contribution >= 4 is 5.78 Å². The van der Waals surface area contributed by atoms with Gasteiger partial charge >= 0.3 is 0 Å². The molecule has 1 fully saturated rings. The average Bonchev–Trinajstić information content (AvgIpc) is 2.78. The second-order valence-corrected chi connectivity index (χ2v) is 5.04. The van der Waals surface area contributed by atoms with E-state index < -0.39 is 5.60 Å². The summed E-state index contributed by atoms with van der Waals surface area (Å²) in [6.45, 7) is 5.47. The van der Waals surface area contributed by atoms with Crippen LogP contribution in [0.5, 0.6) is 0 Å². The lowest BCUT2D eigenvalue weighted by Crippen LogP contribution is -2.42.